The standard InChI is InChI=1S/C20H26N2O2S/c1-2-17(16-7-4-3-5-8-16)20(23)21-15-18(19-9-6-14-25-19)22-10-12-24-13-11-22/h3-9,14,17-18H,2,10-13,15H2,1H3,(H,21,23)/t17-,18+/m0/s1. The maximum Gasteiger partial charge on any atom is 0.227 e. The molecule has 0 bridgehead atoms. The zero-order valence-electron chi connectivity index (χ0n) is 14.7. The number of hydrogen-bond donors (Lipinski definition) is 1. The van der Waals surface area contributed by atoms with Crippen LogP contribution < -0.4 is 5.32 Å². The smallest absolute Gasteiger partial charge is 0.227 e. The van der Waals surface area contributed by atoms with Gasteiger partial charge in [-0.1, -0.05) is 43.3 Å². The fourth-order valence-electron chi connectivity index (χ4n) is 3.36. The Hall–Kier alpha value is -1.69. The lowest BCUT2D eigenvalue weighted by Crippen LogP contribution is -2.44. The lowest BCUT2D eigenvalue weighted by molar-refractivity contribution is -0.123. The number of amides is 1. The highest BCUT2D eigenvalue weighted by molar-refractivity contribution is 7.10. The van der Waals surface area contributed by atoms with E-state index in [9.17, 15) is 4.79 Å². The van der Waals surface area contributed by atoms with Crippen LogP contribution >= 0.6 is 11.3 Å². The first-order valence-corrected chi connectivity index (χ1v) is 9.85. The van der Waals surface area contributed by atoms with E-state index >= 15 is 0 Å². The Labute approximate surface area is 153 Å². The molecule has 1 aromatic heterocycles. The summed E-state index contributed by atoms with van der Waals surface area (Å²) in [4.78, 5) is 16.5. The van der Waals surface area contributed by atoms with E-state index < -0.39 is 0 Å². The Morgan fingerprint density at radius 1 is 1.20 bits per heavy atom. The van der Waals surface area contributed by atoms with Crippen LogP contribution in [0.2, 0.25) is 0 Å². The predicted octanol–water partition coefficient (Wildman–Crippen LogP) is 3.43. The number of thiophene rings is 1. The Morgan fingerprint density at radius 2 is 1.96 bits per heavy atom. The van der Waals surface area contributed by atoms with E-state index in [-0.39, 0.29) is 17.9 Å². The molecule has 1 N–H and O–H groups in total. The van der Waals surface area contributed by atoms with E-state index in [1.165, 1.54) is 4.88 Å². The van der Waals surface area contributed by atoms with Gasteiger partial charge in [0, 0.05) is 24.5 Å². The number of rotatable bonds is 7. The van der Waals surface area contributed by atoms with Crippen molar-refractivity contribution in [3.8, 4) is 0 Å². The minimum absolute atomic E-state index is 0.0881. The number of hydrogen-bond acceptors (Lipinski definition) is 4. The van der Waals surface area contributed by atoms with Crippen molar-refractivity contribution in [3.05, 3.63) is 58.3 Å². The molecule has 0 spiro atoms. The van der Waals surface area contributed by atoms with Crippen molar-refractivity contribution in [3.63, 3.8) is 0 Å². The number of carbonyl (C=O) groups excluding carboxylic acids is 1. The van der Waals surface area contributed by atoms with Crippen LogP contribution in [-0.4, -0.2) is 43.7 Å². The highest BCUT2D eigenvalue weighted by Crippen LogP contribution is 2.26. The summed E-state index contributed by atoms with van der Waals surface area (Å²) in [6.07, 6.45) is 0.803. The van der Waals surface area contributed by atoms with Gasteiger partial charge < -0.3 is 10.1 Å². The van der Waals surface area contributed by atoms with Crippen LogP contribution in [0.5, 0.6) is 0 Å². The normalized spacial score (nSPS) is 17.8. The van der Waals surface area contributed by atoms with Crippen LogP contribution in [0.1, 0.15) is 35.7 Å². The lowest BCUT2D eigenvalue weighted by Gasteiger charge is -2.34. The summed E-state index contributed by atoms with van der Waals surface area (Å²) in [6.45, 7) is 6.05. The van der Waals surface area contributed by atoms with E-state index in [2.05, 4.69) is 34.7 Å². The Balaban J connectivity index is 1.66. The van der Waals surface area contributed by atoms with Crippen LogP contribution in [0.3, 0.4) is 0 Å². The molecule has 2 heterocycles. The molecule has 2 aromatic rings. The van der Waals surface area contributed by atoms with Crippen molar-refractivity contribution in [1.29, 1.82) is 0 Å². The number of morpholine rings is 1. The topological polar surface area (TPSA) is 41.6 Å². The first kappa shape index (κ1) is 18.1. The minimum Gasteiger partial charge on any atom is -0.379 e. The fourth-order valence-corrected chi connectivity index (χ4v) is 4.22. The molecule has 3 rings (SSSR count). The molecule has 0 unspecified atom stereocenters. The highest BCUT2D eigenvalue weighted by Gasteiger charge is 2.25. The van der Waals surface area contributed by atoms with Gasteiger partial charge in [-0.15, -0.1) is 11.3 Å². The lowest BCUT2D eigenvalue weighted by atomic mass is 9.95. The van der Waals surface area contributed by atoms with Crippen LogP contribution in [0, 0.1) is 0 Å². The third kappa shape index (κ3) is 4.69. The van der Waals surface area contributed by atoms with Gasteiger partial charge in [-0.2, -0.15) is 0 Å². The van der Waals surface area contributed by atoms with Crippen LogP contribution in [0.15, 0.2) is 47.8 Å². The van der Waals surface area contributed by atoms with Crippen molar-refractivity contribution in [2.45, 2.75) is 25.3 Å². The molecule has 1 fully saturated rings. The zero-order valence-corrected chi connectivity index (χ0v) is 15.5. The quantitative estimate of drug-likeness (QED) is 0.824. The zero-order chi connectivity index (χ0) is 17.5. The monoisotopic (exact) mass is 358 g/mol. The summed E-state index contributed by atoms with van der Waals surface area (Å²) in [7, 11) is 0. The second-order valence-electron chi connectivity index (χ2n) is 6.30. The number of benzene rings is 1. The van der Waals surface area contributed by atoms with Gasteiger partial charge in [-0.05, 0) is 23.4 Å². The third-order valence-electron chi connectivity index (χ3n) is 4.75. The molecule has 1 aliphatic heterocycles. The molecule has 0 saturated carbocycles. The summed E-state index contributed by atoms with van der Waals surface area (Å²) >= 11 is 1.75. The molecule has 134 valence electrons. The maximum atomic E-state index is 12.8. The number of ether oxygens (including phenoxy) is 1. The van der Waals surface area contributed by atoms with Crippen LogP contribution in [0.4, 0.5) is 0 Å². The third-order valence-corrected chi connectivity index (χ3v) is 5.73. The van der Waals surface area contributed by atoms with Crippen LogP contribution in [0.25, 0.3) is 0 Å². The molecule has 2 atom stereocenters. The van der Waals surface area contributed by atoms with Gasteiger partial charge in [-0.25, -0.2) is 0 Å². The van der Waals surface area contributed by atoms with E-state index in [0.717, 1.165) is 38.3 Å². The Morgan fingerprint density at radius 3 is 2.60 bits per heavy atom. The van der Waals surface area contributed by atoms with Crippen molar-refractivity contribution in [2.75, 3.05) is 32.8 Å². The van der Waals surface area contributed by atoms with Crippen LogP contribution in [-0.2, 0) is 9.53 Å². The molecule has 4 nitrogen and oxygen atoms in total. The summed E-state index contributed by atoms with van der Waals surface area (Å²) < 4.78 is 5.48. The molecule has 5 heteroatoms. The van der Waals surface area contributed by atoms with E-state index in [1.54, 1.807) is 11.3 Å². The molecule has 1 aliphatic rings. The molecule has 1 saturated heterocycles. The largest absolute Gasteiger partial charge is 0.379 e. The van der Waals surface area contributed by atoms with Gasteiger partial charge in [0.15, 0.2) is 0 Å². The summed E-state index contributed by atoms with van der Waals surface area (Å²) in [6, 6.07) is 14.5. The second-order valence-corrected chi connectivity index (χ2v) is 7.28. The van der Waals surface area contributed by atoms with E-state index in [0.29, 0.717) is 6.54 Å². The molecular formula is C20H26N2O2S. The van der Waals surface area contributed by atoms with E-state index in [1.807, 2.05) is 30.3 Å². The van der Waals surface area contributed by atoms with Gasteiger partial charge in [0.1, 0.15) is 0 Å². The first-order valence-electron chi connectivity index (χ1n) is 8.97. The molecule has 1 amide bonds. The summed E-state index contributed by atoms with van der Waals surface area (Å²) in [5.41, 5.74) is 1.08. The van der Waals surface area contributed by atoms with E-state index in [4.69, 9.17) is 4.74 Å². The molecule has 1 aromatic carbocycles. The minimum atomic E-state index is -0.0881. The molecule has 25 heavy (non-hydrogen) atoms. The van der Waals surface area contributed by atoms with Crippen molar-refractivity contribution in [2.24, 2.45) is 0 Å². The van der Waals surface area contributed by atoms with Gasteiger partial charge in [0.2, 0.25) is 5.91 Å². The summed E-state index contributed by atoms with van der Waals surface area (Å²) in [5.74, 6) is 0.0263. The number of nitrogens with zero attached hydrogens (tertiary/aromatic N) is 1. The summed E-state index contributed by atoms with van der Waals surface area (Å²) in [5, 5.41) is 5.30. The predicted molar refractivity (Wildman–Crippen MR) is 102 cm³/mol. The molecule has 0 aliphatic carbocycles. The Bertz CT molecular complexity index is 639. The average molecular weight is 359 g/mol. The highest BCUT2D eigenvalue weighted by atomic mass is 32.1. The maximum absolute atomic E-state index is 12.8. The van der Waals surface area contributed by atoms with Crippen molar-refractivity contribution >= 4 is 17.2 Å². The SMILES string of the molecule is CC[C@H](C(=O)NC[C@H](c1cccs1)N1CCOCC1)c1ccccc1. The number of nitrogens with one attached hydrogen (secondary N) is 1. The van der Waals surface area contributed by atoms with Crippen molar-refractivity contribution in [1.82, 2.24) is 10.2 Å². The van der Waals surface area contributed by atoms with Gasteiger partial charge in [0.05, 0.1) is 25.2 Å². The Kier molecular flexibility index (Phi) is 6.62. The second kappa shape index (κ2) is 9.13. The van der Waals surface area contributed by atoms with Gasteiger partial charge in [0.25, 0.3) is 0 Å². The average Bonchev–Trinajstić information content (AvgIpc) is 3.19. The number of carbonyl (C=O) groups is 1. The first-order chi connectivity index (χ1) is 12.3. The van der Waals surface area contributed by atoms with Gasteiger partial charge in [-0.3, -0.25) is 9.69 Å². The fraction of sp³-hybridized carbons (Fsp3) is 0.450. The van der Waals surface area contributed by atoms with Gasteiger partial charge >= 0.3 is 0 Å². The van der Waals surface area contributed by atoms with Crippen molar-refractivity contribution < 1.29 is 9.53 Å². The molecular weight excluding hydrogens is 332 g/mol. The molecule has 0 radical (unpaired) electrons.